The number of hydrogen-bond donors (Lipinski definition) is 2. The molecule has 0 fully saturated rings. The number of nitrogens with zero attached hydrogens (tertiary/aromatic N) is 3. The molecule has 114 valence electrons. The number of fused-ring (bicyclic) bond motifs is 1. The van der Waals surface area contributed by atoms with E-state index in [9.17, 15) is 5.11 Å². The Morgan fingerprint density at radius 2 is 2.52 bits per heavy atom. The Kier molecular flexibility index (Phi) is 4.97. The van der Waals surface area contributed by atoms with Gasteiger partial charge in [0.05, 0.1) is 25.9 Å². The van der Waals surface area contributed by atoms with Gasteiger partial charge in [-0.05, 0) is 17.9 Å². The Hall–Kier alpha value is -1.28. The largest absolute Gasteiger partial charge is 0.389 e. The fraction of sp³-hybridized carbons (Fsp3) is 0.571. The zero-order valence-electron chi connectivity index (χ0n) is 11.8. The normalized spacial score (nSPS) is 19.4. The topological polar surface area (TPSA) is 72.2 Å². The lowest BCUT2D eigenvalue weighted by Gasteiger charge is -2.24. The van der Waals surface area contributed by atoms with Gasteiger partial charge in [0.2, 0.25) is 0 Å². The molecule has 0 bridgehead atoms. The minimum Gasteiger partial charge on any atom is -0.389 e. The second-order valence-electron chi connectivity index (χ2n) is 5.25. The molecule has 0 aliphatic carbocycles. The van der Waals surface area contributed by atoms with Gasteiger partial charge in [0, 0.05) is 23.9 Å². The molecule has 0 unspecified atom stereocenters. The highest BCUT2D eigenvalue weighted by atomic mass is 32.1. The van der Waals surface area contributed by atoms with Crippen molar-refractivity contribution in [3.8, 4) is 0 Å². The van der Waals surface area contributed by atoms with Gasteiger partial charge < -0.3 is 15.2 Å². The Morgan fingerprint density at radius 3 is 3.38 bits per heavy atom. The first kappa shape index (κ1) is 14.6. The average molecular weight is 308 g/mol. The highest BCUT2D eigenvalue weighted by Gasteiger charge is 2.20. The molecule has 2 N–H and O–H groups in total. The number of aliphatic hydroxyl groups is 1. The molecular weight excluding hydrogens is 288 g/mol. The summed E-state index contributed by atoms with van der Waals surface area (Å²) in [5.74, 6) is 1.05. The quantitative estimate of drug-likeness (QED) is 0.792. The second-order valence-corrected chi connectivity index (χ2v) is 6.28. The van der Waals surface area contributed by atoms with Crippen LogP contribution in [0.1, 0.15) is 17.1 Å². The zero-order valence-corrected chi connectivity index (χ0v) is 12.6. The number of thiophene rings is 1. The number of rotatable bonds is 7. The van der Waals surface area contributed by atoms with Gasteiger partial charge in [-0.2, -0.15) is 5.10 Å². The second kappa shape index (κ2) is 7.13. The minimum atomic E-state index is -0.484. The van der Waals surface area contributed by atoms with Crippen molar-refractivity contribution in [3.63, 3.8) is 0 Å². The predicted octanol–water partition coefficient (Wildman–Crippen LogP) is 0.822. The fourth-order valence-electron chi connectivity index (χ4n) is 2.46. The summed E-state index contributed by atoms with van der Waals surface area (Å²) in [4.78, 5) is 5.39. The van der Waals surface area contributed by atoms with Crippen molar-refractivity contribution in [2.75, 3.05) is 13.2 Å². The molecule has 3 rings (SSSR count). The van der Waals surface area contributed by atoms with Crippen molar-refractivity contribution in [1.82, 2.24) is 20.1 Å². The zero-order chi connectivity index (χ0) is 14.5. The minimum absolute atomic E-state index is 0.339. The molecular formula is C14H20N4O2S. The Morgan fingerprint density at radius 1 is 1.57 bits per heavy atom. The van der Waals surface area contributed by atoms with Gasteiger partial charge in [0.15, 0.2) is 0 Å². The highest BCUT2D eigenvalue weighted by molar-refractivity contribution is 7.09. The van der Waals surface area contributed by atoms with Crippen molar-refractivity contribution in [1.29, 1.82) is 0 Å². The van der Waals surface area contributed by atoms with E-state index in [0.29, 0.717) is 25.8 Å². The smallest absolute Gasteiger partial charge is 0.138 e. The molecule has 0 spiro atoms. The molecule has 1 aliphatic rings. The lowest BCUT2D eigenvalue weighted by atomic mass is 10.1. The van der Waals surface area contributed by atoms with E-state index in [1.165, 1.54) is 4.88 Å². The molecule has 0 saturated carbocycles. The number of ether oxygens (including phenoxy) is 1. The van der Waals surface area contributed by atoms with E-state index in [2.05, 4.69) is 15.4 Å². The fourth-order valence-corrected chi connectivity index (χ4v) is 3.10. The molecule has 21 heavy (non-hydrogen) atoms. The summed E-state index contributed by atoms with van der Waals surface area (Å²) >= 11 is 1.67. The van der Waals surface area contributed by atoms with E-state index in [4.69, 9.17) is 4.74 Å². The predicted molar refractivity (Wildman–Crippen MR) is 80.1 cm³/mol. The Balaban J connectivity index is 1.33. The van der Waals surface area contributed by atoms with Gasteiger partial charge >= 0.3 is 0 Å². The van der Waals surface area contributed by atoms with E-state index in [0.717, 1.165) is 25.2 Å². The van der Waals surface area contributed by atoms with Crippen LogP contribution in [0.2, 0.25) is 0 Å². The molecule has 6 nitrogen and oxygen atoms in total. The average Bonchev–Trinajstić information content (AvgIpc) is 3.15. The van der Waals surface area contributed by atoms with Crippen LogP contribution in [0.25, 0.3) is 0 Å². The maximum atomic E-state index is 9.94. The highest BCUT2D eigenvalue weighted by Crippen LogP contribution is 2.12. The van der Waals surface area contributed by atoms with Crippen molar-refractivity contribution < 1.29 is 9.84 Å². The number of hydrogen-bond acceptors (Lipinski definition) is 6. The molecule has 0 radical (unpaired) electrons. The Bertz CT molecular complexity index is 543. The van der Waals surface area contributed by atoms with Crippen LogP contribution in [0.4, 0.5) is 0 Å². The van der Waals surface area contributed by atoms with Gasteiger partial charge in [-0.3, -0.25) is 0 Å². The van der Waals surface area contributed by atoms with E-state index in [-0.39, 0.29) is 0 Å². The number of nitrogens with one attached hydrogen (secondary N) is 1. The standard InChI is InChI=1S/C14H20N4O2S/c19-12(8-20-9-13-2-1-5-21-13)6-15-11-3-4-14-16-10-17-18(14)7-11/h1-2,5,10-12,15,19H,3-4,6-9H2/t11-,12-/m0/s1. The van der Waals surface area contributed by atoms with E-state index < -0.39 is 6.10 Å². The van der Waals surface area contributed by atoms with Crippen molar-refractivity contribution >= 4 is 11.3 Å². The van der Waals surface area contributed by atoms with Crippen molar-refractivity contribution in [3.05, 3.63) is 34.5 Å². The van der Waals surface area contributed by atoms with Gasteiger partial charge in [-0.15, -0.1) is 11.3 Å². The first-order valence-corrected chi connectivity index (χ1v) is 8.07. The molecule has 3 heterocycles. The van der Waals surface area contributed by atoms with Crippen LogP contribution < -0.4 is 5.32 Å². The maximum Gasteiger partial charge on any atom is 0.138 e. The first-order valence-electron chi connectivity index (χ1n) is 7.19. The first-order chi connectivity index (χ1) is 10.3. The van der Waals surface area contributed by atoms with Crippen LogP contribution in [0.5, 0.6) is 0 Å². The third-order valence-corrected chi connectivity index (χ3v) is 4.43. The summed E-state index contributed by atoms with van der Waals surface area (Å²) < 4.78 is 7.45. The van der Waals surface area contributed by atoms with Crippen LogP contribution in [-0.4, -0.2) is 45.2 Å². The third kappa shape index (κ3) is 4.10. The molecule has 0 saturated heterocycles. The molecule has 1 aliphatic heterocycles. The van der Waals surface area contributed by atoms with E-state index >= 15 is 0 Å². The monoisotopic (exact) mass is 308 g/mol. The van der Waals surface area contributed by atoms with Crippen molar-refractivity contribution in [2.45, 2.75) is 38.1 Å². The molecule has 2 aromatic rings. The molecule has 2 aromatic heterocycles. The molecule has 0 amide bonds. The number of aryl methyl sites for hydroxylation is 1. The van der Waals surface area contributed by atoms with E-state index in [1.54, 1.807) is 17.7 Å². The Labute approximate surface area is 127 Å². The summed E-state index contributed by atoms with van der Waals surface area (Å²) in [6.45, 7) is 2.28. The van der Waals surface area contributed by atoms with Gasteiger partial charge in [0.1, 0.15) is 12.2 Å². The van der Waals surface area contributed by atoms with E-state index in [1.807, 2.05) is 22.2 Å². The van der Waals surface area contributed by atoms with Gasteiger partial charge in [-0.25, -0.2) is 9.67 Å². The van der Waals surface area contributed by atoms with Crippen LogP contribution in [0, 0.1) is 0 Å². The summed E-state index contributed by atoms with van der Waals surface area (Å²) in [7, 11) is 0. The van der Waals surface area contributed by atoms with Crippen LogP contribution in [0.15, 0.2) is 23.8 Å². The summed E-state index contributed by atoms with van der Waals surface area (Å²) in [6.07, 6.45) is 3.08. The SMILES string of the molecule is O[C@@H](CN[C@H]1CCc2ncnn2C1)COCc1cccs1. The third-order valence-electron chi connectivity index (χ3n) is 3.58. The number of aliphatic hydroxyl groups excluding tert-OH is 1. The summed E-state index contributed by atoms with van der Waals surface area (Å²) in [5, 5.41) is 19.5. The number of aromatic nitrogens is 3. The maximum absolute atomic E-state index is 9.94. The summed E-state index contributed by atoms with van der Waals surface area (Å²) in [5.41, 5.74) is 0. The lowest BCUT2D eigenvalue weighted by Crippen LogP contribution is -2.42. The molecule has 2 atom stereocenters. The van der Waals surface area contributed by atoms with Crippen LogP contribution in [0.3, 0.4) is 0 Å². The lowest BCUT2D eigenvalue weighted by molar-refractivity contribution is 0.0279. The van der Waals surface area contributed by atoms with Crippen LogP contribution in [-0.2, 0) is 24.3 Å². The van der Waals surface area contributed by atoms with Crippen molar-refractivity contribution in [2.24, 2.45) is 0 Å². The summed E-state index contributed by atoms with van der Waals surface area (Å²) in [6, 6.07) is 4.38. The van der Waals surface area contributed by atoms with Crippen LogP contribution >= 0.6 is 11.3 Å². The van der Waals surface area contributed by atoms with Gasteiger partial charge in [0.25, 0.3) is 0 Å². The molecule has 7 heteroatoms. The van der Waals surface area contributed by atoms with Gasteiger partial charge in [-0.1, -0.05) is 6.07 Å². The molecule has 0 aromatic carbocycles.